The van der Waals surface area contributed by atoms with E-state index in [9.17, 15) is 19.5 Å². The first-order chi connectivity index (χ1) is 16.4. The number of allylic oxidation sites excluding steroid dienone is 1. The average Bonchev–Trinajstić information content (AvgIpc) is 3.19. The van der Waals surface area contributed by atoms with Gasteiger partial charge in [0.05, 0.1) is 17.6 Å². The van der Waals surface area contributed by atoms with Gasteiger partial charge in [0.1, 0.15) is 6.10 Å². The van der Waals surface area contributed by atoms with Crippen LogP contribution < -0.4 is 0 Å². The molecule has 1 aromatic carbocycles. The van der Waals surface area contributed by atoms with E-state index in [1.54, 1.807) is 37.3 Å². The molecule has 3 aliphatic rings. The highest BCUT2D eigenvalue weighted by Crippen LogP contribution is 2.62. The van der Waals surface area contributed by atoms with Crippen molar-refractivity contribution in [3.05, 3.63) is 59.2 Å². The summed E-state index contributed by atoms with van der Waals surface area (Å²) in [7, 11) is 0. The van der Waals surface area contributed by atoms with Crippen LogP contribution >= 0.6 is 0 Å². The van der Waals surface area contributed by atoms with Crippen molar-refractivity contribution in [2.24, 2.45) is 29.1 Å². The molecule has 2 fully saturated rings. The molecule has 1 N–H and O–H groups in total. The Kier molecular flexibility index (Phi) is 6.56. The first-order valence-corrected chi connectivity index (χ1v) is 12.4. The van der Waals surface area contributed by atoms with Crippen molar-refractivity contribution >= 4 is 17.7 Å². The second-order valence-corrected chi connectivity index (χ2v) is 11.2. The highest BCUT2D eigenvalue weighted by molar-refractivity contribution is 6.03. The summed E-state index contributed by atoms with van der Waals surface area (Å²) in [4.78, 5) is 39.4. The maximum Gasteiger partial charge on any atom is 0.338 e. The van der Waals surface area contributed by atoms with Crippen molar-refractivity contribution in [3.8, 4) is 0 Å². The summed E-state index contributed by atoms with van der Waals surface area (Å²) < 4.78 is 11.9. The van der Waals surface area contributed by atoms with Gasteiger partial charge >= 0.3 is 11.9 Å². The number of rotatable bonds is 3. The van der Waals surface area contributed by atoms with Gasteiger partial charge < -0.3 is 14.6 Å². The van der Waals surface area contributed by atoms with Crippen LogP contribution in [0.4, 0.5) is 0 Å². The number of carbonyl (C=O) groups is 3. The van der Waals surface area contributed by atoms with Crippen LogP contribution in [0.25, 0.3) is 0 Å². The van der Waals surface area contributed by atoms with Crippen molar-refractivity contribution in [1.82, 2.24) is 0 Å². The van der Waals surface area contributed by atoms with E-state index in [0.717, 1.165) is 0 Å². The molecule has 0 bridgehead atoms. The molecule has 2 saturated carbocycles. The molecular weight excluding hydrogens is 444 g/mol. The van der Waals surface area contributed by atoms with E-state index >= 15 is 0 Å². The molecule has 188 valence electrons. The maximum atomic E-state index is 14.0. The maximum absolute atomic E-state index is 14.0. The number of carbonyl (C=O) groups excluding carboxylic acids is 3. The summed E-state index contributed by atoms with van der Waals surface area (Å²) >= 11 is 0. The molecule has 0 unspecified atom stereocenters. The van der Waals surface area contributed by atoms with Gasteiger partial charge in [0.25, 0.3) is 0 Å². The number of hydrogen-bond acceptors (Lipinski definition) is 6. The minimum atomic E-state index is -1.51. The van der Waals surface area contributed by atoms with Gasteiger partial charge in [-0.3, -0.25) is 9.59 Å². The van der Waals surface area contributed by atoms with Gasteiger partial charge in [-0.2, -0.15) is 0 Å². The third-order valence-corrected chi connectivity index (χ3v) is 8.41. The molecule has 0 amide bonds. The molecule has 4 rings (SSSR count). The number of fused-ring (bicyclic) bond motifs is 2. The number of ketones is 1. The molecular formula is C29H36O6. The van der Waals surface area contributed by atoms with E-state index in [0.29, 0.717) is 23.1 Å². The molecule has 0 aromatic heterocycles. The van der Waals surface area contributed by atoms with E-state index in [1.807, 2.05) is 26.0 Å². The summed E-state index contributed by atoms with van der Waals surface area (Å²) in [5.74, 6) is -1.89. The lowest BCUT2D eigenvalue weighted by atomic mass is 9.80. The Balaban J connectivity index is 1.81. The van der Waals surface area contributed by atoms with Crippen LogP contribution in [-0.4, -0.2) is 40.6 Å². The number of hydrogen-bond donors (Lipinski definition) is 1. The van der Waals surface area contributed by atoms with Crippen molar-refractivity contribution in [2.45, 2.75) is 72.2 Å². The van der Waals surface area contributed by atoms with Crippen LogP contribution in [-0.2, 0) is 19.1 Å². The number of Topliss-reactive ketones (excluding diaryl/α,β-unsaturated/α-hetero) is 1. The molecule has 3 aliphatic carbocycles. The van der Waals surface area contributed by atoms with Crippen LogP contribution in [0.5, 0.6) is 0 Å². The number of ether oxygens (including phenoxy) is 2. The smallest absolute Gasteiger partial charge is 0.338 e. The standard InChI is InChI=1S/C29H36O6/c1-16-12-23-25(34-27(33)20-10-8-7-9-11-20)18(3)15-29(23,35-19(4)30)26(32)17(2)13-21-22(14-24(16)31)28(21,5)6/h7-13,18,21-25,31H,14-15H2,1-6H3/b16-12+,17-13+/t18-,21-,22+,23+,24-,25+,29-/m1/s1. The van der Waals surface area contributed by atoms with Gasteiger partial charge in [0, 0.05) is 13.3 Å². The zero-order chi connectivity index (χ0) is 25.7. The molecule has 0 heterocycles. The molecule has 0 spiro atoms. The highest BCUT2D eigenvalue weighted by Gasteiger charge is 2.62. The van der Waals surface area contributed by atoms with Crippen LogP contribution in [0.15, 0.2) is 53.6 Å². The van der Waals surface area contributed by atoms with Gasteiger partial charge in [-0.15, -0.1) is 0 Å². The van der Waals surface area contributed by atoms with E-state index in [-0.39, 0.29) is 35.4 Å². The molecule has 0 radical (unpaired) electrons. The van der Waals surface area contributed by atoms with Crippen LogP contribution in [0.3, 0.4) is 0 Å². The monoisotopic (exact) mass is 480 g/mol. The molecule has 0 saturated heterocycles. The fourth-order valence-corrected chi connectivity index (χ4v) is 6.26. The Morgan fingerprint density at radius 1 is 1.06 bits per heavy atom. The lowest BCUT2D eigenvalue weighted by Gasteiger charge is -2.34. The van der Waals surface area contributed by atoms with E-state index in [2.05, 4.69) is 13.8 Å². The Morgan fingerprint density at radius 2 is 1.71 bits per heavy atom. The predicted octanol–water partition coefficient (Wildman–Crippen LogP) is 4.67. The molecule has 7 atom stereocenters. The number of aliphatic hydroxyl groups excluding tert-OH is 1. The highest BCUT2D eigenvalue weighted by atomic mass is 16.6. The predicted molar refractivity (Wildman–Crippen MR) is 131 cm³/mol. The Bertz CT molecular complexity index is 1080. The zero-order valence-electron chi connectivity index (χ0n) is 21.4. The molecule has 6 heteroatoms. The Morgan fingerprint density at radius 3 is 2.34 bits per heavy atom. The third kappa shape index (κ3) is 4.49. The fourth-order valence-electron chi connectivity index (χ4n) is 6.26. The summed E-state index contributed by atoms with van der Waals surface area (Å²) in [6, 6.07) is 8.69. The summed E-state index contributed by atoms with van der Waals surface area (Å²) in [6.07, 6.45) is 3.19. The van der Waals surface area contributed by atoms with Crippen LogP contribution in [0, 0.1) is 29.1 Å². The Labute approximate surface area is 207 Å². The lowest BCUT2D eigenvalue weighted by molar-refractivity contribution is -0.168. The topological polar surface area (TPSA) is 89.9 Å². The number of esters is 2. The average molecular weight is 481 g/mol. The fraction of sp³-hybridized carbons (Fsp3) is 0.552. The summed E-state index contributed by atoms with van der Waals surface area (Å²) in [5.41, 5.74) is 0.114. The van der Waals surface area contributed by atoms with Gasteiger partial charge in [-0.25, -0.2) is 4.79 Å². The van der Waals surface area contributed by atoms with Crippen LogP contribution in [0.1, 0.15) is 64.7 Å². The van der Waals surface area contributed by atoms with Crippen LogP contribution in [0.2, 0.25) is 0 Å². The van der Waals surface area contributed by atoms with Crippen molar-refractivity contribution in [1.29, 1.82) is 0 Å². The molecule has 0 aliphatic heterocycles. The number of aliphatic hydroxyl groups is 1. The first-order valence-electron chi connectivity index (χ1n) is 12.4. The Hall–Kier alpha value is -2.73. The van der Waals surface area contributed by atoms with E-state index in [1.165, 1.54) is 6.92 Å². The minimum Gasteiger partial charge on any atom is -0.458 e. The van der Waals surface area contributed by atoms with Gasteiger partial charge in [-0.05, 0) is 66.7 Å². The number of benzene rings is 1. The normalized spacial score (nSPS) is 39.0. The summed E-state index contributed by atoms with van der Waals surface area (Å²) in [6.45, 7) is 11.1. The van der Waals surface area contributed by atoms with E-state index in [4.69, 9.17) is 9.47 Å². The van der Waals surface area contributed by atoms with E-state index < -0.39 is 35.7 Å². The van der Waals surface area contributed by atoms with Crippen molar-refractivity contribution < 1.29 is 29.0 Å². The zero-order valence-corrected chi connectivity index (χ0v) is 21.4. The lowest BCUT2D eigenvalue weighted by Crippen LogP contribution is -2.49. The largest absolute Gasteiger partial charge is 0.458 e. The summed E-state index contributed by atoms with van der Waals surface area (Å²) in [5, 5.41) is 11.1. The quantitative estimate of drug-likeness (QED) is 0.500. The van der Waals surface area contributed by atoms with Crippen molar-refractivity contribution in [3.63, 3.8) is 0 Å². The third-order valence-electron chi connectivity index (χ3n) is 8.41. The molecule has 6 nitrogen and oxygen atoms in total. The minimum absolute atomic E-state index is 0.0211. The molecule has 1 aromatic rings. The second-order valence-electron chi connectivity index (χ2n) is 11.2. The first kappa shape index (κ1) is 25.4. The van der Waals surface area contributed by atoms with Gasteiger partial charge in [0.2, 0.25) is 5.78 Å². The second kappa shape index (κ2) is 9.05. The van der Waals surface area contributed by atoms with Gasteiger partial charge in [0.15, 0.2) is 5.60 Å². The SMILES string of the molecule is CC(=O)O[C@]12C[C@@H](C)[C@H](OC(=O)c3ccccc3)[C@@H]1/C=C(\C)[C@H](O)C[C@H]1[C@@H](/C=C(\C)C2=O)C1(C)C. The van der Waals surface area contributed by atoms with Crippen molar-refractivity contribution in [2.75, 3.05) is 0 Å². The van der Waals surface area contributed by atoms with Gasteiger partial charge in [-0.1, -0.05) is 51.1 Å². The molecule has 35 heavy (non-hydrogen) atoms.